The number of hydrogen-bond acceptors (Lipinski definition) is 3. The van der Waals surface area contributed by atoms with Crippen LogP contribution in [0.3, 0.4) is 0 Å². The largest absolute Gasteiger partial charge is 0.252 e. The van der Waals surface area contributed by atoms with E-state index in [0.717, 1.165) is 21.6 Å². The first-order valence-corrected chi connectivity index (χ1v) is 4.91. The van der Waals surface area contributed by atoms with Gasteiger partial charge < -0.3 is 0 Å². The second-order valence-electron chi connectivity index (χ2n) is 2.81. The highest BCUT2D eigenvalue weighted by Crippen LogP contribution is 2.30. The van der Waals surface area contributed by atoms with Gasteiger partial charge >= 0.3 is 0 Å². The zero-order valence-electron chi connectivity index (χ0n) is 6.77. The number of fused-ring (bicyclic) bond motifs is 3. The maximum absolute atomic E-state index is 4.47. The predicted octanol–water partition coefficient (Wildman–Crippen LogP) is 2.80. The molecular formula is C10H6N2S. The van der Waals surface area contributed by atoms with Crippen molar-refractivity contribution in [2.45, 2.75) is 0 Å². The standard InChI is InChI=1S/C10H6N2S/c1-2-4-8-7(3-1)9-10(12-8)13-6-5-11-9/h1-6H. The van der Waals surface area contributed by atoms with E-state index >= 15 is 0 Å². The molecular weight excluding hydrogens is 180 g/mol. The lowest BCUT2D eigenvalue weighted by Gasteiger charge is -1.91. The van der Waals surface area contributed by atoms with E-state index in [-0.39, 0.29) is 0 Å². The van der Waals surface area contributed by atoms with Gasteiger partial charge in [-0.25, -0.2) is 4.98 Å². The molecule has 0 radical (unpaired) electrons. The number of rotatable bonds is 0. The number of aromatic nitrogens is 2. The first kappa shape index (κ1) is 6.97. The van der Waals surface area contributed by atoms with E-state index in [4.69, 9.17) is 0 Å². The fraction of sp³-hybridized carbons (Fsp3) is 0. The molecule has 0 amide bonds. The van der Waals surface area contributed by atoms with E-state index in [1.54, 1.807) is 11.3 Å². The van der Waals surface area contributed by atoms with Crippen LogP contribution < -0.4 is 0 Å². The normalized spacial score (nSPS) is 11.1. The summed E-state index contributed by atoms with van der Waals surface area (Å²) in [5, 5.41) is 4.12. The third-order valence-electron chi connectivity index (χ3n) is 2.03. The minimum Gasteiger partial charge on any atom is -0.252 e. The van der Waals surface area contributed by atoms with E-state index in [1.165, 1.54) is 0 Å². The number of para-hydroxylation sites is 1. The maximum Gasteiger partial charge on any atom is 0.143 e. The second kappa shape index (κ2) is 2.50. The van der Waals surface area contributed by atoms with E-state index in [2.05, 4.69) is 16.0 Å². The van der Waals surface area contributed by atoms with Crippen molar-refractivity contribution >= 4 is 22.2 Å². The molecule has 1 aromatic rings. The summed E-state index contributed by atoms with van der Waals surface area (Å²) < 4.78 is 0. The summed E-state index contributed by atoms with van der Waals surface area (Å²) in [6, 6.07) is 8.09. The van der Waals surface area contributed by atoms with E-state index in [0.29, 0.717) is 0 Å². The summed E-state index contributed by atoms with van der Waals surface area (Å²) in [6.45, 7) is 0. The van der Waals surface area contributed by atoms with E-state index in [9.17, 15) is 0 Å². The molecule has 3 rings (SSSR count). The molecule has 0 fully saturated rings. The Bertz CT molecular complexity index is 529. The van der Waals surface area contributed by atoms with Crippen LogP contribution in [0.4, 0.5) is 0 Å². The molecule has 2 nitrogen and oxygen atoms in total. The fourth-order valence-electron chi connectivity index (χ4n) is 1.46. The Morgan fingerprint density at radius 3 is 3.08 bits per heavy atom. The molecule has 0 atom stereocenters. The summed E-state index contributed by atoms with van der Waals surface area (Å²) in [7, 11) is 0. The summed E-state index contributed by atoms with van der Waals surface area (Å²) in [4.78, 5) is 8.79. The summed E-state index contributed by atoms with van der Waals surface area (Å²) in [5.41, 5.74) is 2.05. The van der Waals surface area contributed by atoms with Crippen LogP contribution in [0.25, 0.3) is 21.6 Å². The van der Waals surface area contributed by atoms with Gasteiger partial charge in [-0.1, -0.05) is 18.2 Å². The third kappa shape index (κ3) is 0.939. The van der Waals surface area contributed by atoms with Crippen LogP contribution in [0.15, 0.2) is 35.8 Å². The number of hydrogen-bond donors (Lipinski definition) is 0. The van der Waals surface area contributed by atoms with Crippen LogP contribution in [0.1, 0.15) is 0 Å². The minimum absolute atomic E-state index is 1.02. The monoisotopic (exact) mass is 186 g/mol. The van der Waals surface area contributed by atoms with Gasteiger partial charge in [-0.3, -0.25) is 4.98 Å². The first-order valence-electron chi connectivity index (χ1n) is 4.03. The first-order chi connectivity index (χ1) is 6.45. The SMILES string of the molecule is c1ccc2c3nccsc-3nc2c1. The molecule has 0 N–H and O–H groups in total. The van der Waals surface area contributed by atoms with Gasteiger partial charge in [0.15, 0.2) is 0 Å². The Hall–Kier alpha value is -1.48. The van der Waals surface area contributed by atoms with Crippen LogP contribution in [0.2, 0.25) is 0 Å². The van der Waals surface area contributed by atoms with Gasteiger partial charge in [0.25, 0.3) is 0 Å². The summed E-state index contributed by atoms with van der Waals surface area (Å²) in [6.07, 6.45) is 1.82. The Kier molecular flexibility index (Phi) is 1.34. The molecule has 0 aromatic heterocycles. The minimum atomic E-state index is 1.02. The van der Waals surface area contributed by atoms with Crippen LogP contribution in [-0.4, -0.2) is 9.97 Å². The topological polar surface area (TPSA) is 25.8 Å². The highest BCUT2D eigenvalue weighted by atomic mass is 32.1. The molecule has 0 bridgehead atoms. The van der Waals surface area contributed by atoms with E-state index < -0.39 is 0 Å². The van der Waals surface area contributed by atoms with Crippen molar-refractivity contribution in [3.05, 3.63) is 35.8 Å². The van der Waals surface area contributed by atoms with Crippen LogP contribution in [0, 0.1) is 0 Å². The average Bonchev–Trinajstić information content (AvgIpc) is 2.56. The molecule has 1 aromatic carbocycles. The number of nitrogens with zero attached hydrogens (tertiary/aromatic N) is 2. The van der Waals surface area contributed by atoms with Gasteiger partial charge in [0.1, 0.15) is 10.7 Å². The molecule has 0 saturated heterocycles. The zero-order chi connectivity index (χ0) is 8.67. The highest BCUT2D eigenvalue weighted by molar-refractivity contribution is 7.13. The molecule has 2 aliphatic rings. The lowest BCUT2D eigenvalue weighted by atomic mass is 10.2. The Balaban J connectivity index is 2.56. The van der Waals surface area contributed by atoms with Gasteiger partial charge in [0, 0.05) is 17.0 Å². The van der Waals surface area contributed by atoms with Crippen LogP contribution in [-0.2, 0) is 0 Å². The molecule has 0 spiro atoms. The van der Waals surface area contributed by atoms with Crippen molar-refractivity contribution in [2.24, 2.45) is 0 Å². The van der Waals surface area contributed by atoms with Gasteiger partial charge in [0.2, 0.25) is 0 Å². The summed E-state index contributed by atoms with van der Waals surface area (Å²) >= 11 is 1.63. The Morgan fingerprint density at radius 1 is 1.15 bits per heavy atom. The van der Waals surface area contributed by atoms with Gasteiger partial charge in [-0.05, 0) is 6.07 Å². The third-order valence-corrected chi connectivity index (χ3v) is 2.79. The predicted molar refractivity (Wildman–Crippen MR) is 54.0 cm³/mol. The van der Waals surface area contributed by atoms with Crippen molar-refractivity contribution in [1.29, 1.82) is 0 Å². The Labute approximate surface area is 79.2 Å². The van der Waals surface area contributed by atoms with Gasteiger partial charge in [-0.2, -0.15) is 0 Å². The lowest BCUT2D eigenvalue weighted by molar-refractivity contribution is 1.36. The second-order valence-corrected chi connectivity index (χ2v) is 3.71. The number of benzene rings is 1. The Morgan fingerprint density at radius 2 is 2.08 bits per heavy atom. The highest BCUT2D eigenvalue weighted by Gasteiger charge is 2.11. The van der Waals surface area contributed by atoms with Crippen molar-refractivity contribution in [3.63, 3.8) is 0 Å². The zero-order valence-corrected chi connectivity index (χ0v) is 7.58. The molecule has 3 heteroatoms. The molecule has 0 aliphatic carbocycles. The lowest BCUT2D eigenvalue weighted by Crippen LogP contribution is -1.75. The van der Waals surface area contributed by atoms with Gasteiger partial charge in [-0.15, -0.1) is 11.3 Å². The van der Waals surface area contributed by atoms with E-state index in [1.807, 2.05) is 29.8 Å². The molecule has 2 aliphatic heterocycles. The quantitative estimate of drug-likeness (QED) is 0.539. The molecule has 62 valence electrons. The fourth-order valence-corrected chi connectivity index (χ4v) is 2.13. The average molecular weight is 186 g/mol. The van der Waals surface area contributed by atoms with Crippen molar-refractivity contribution in [3.8, 4) is 10.7 Å². The molecule has 0 unspecified atom stereocenters. The maximum atomic E-state index is 4.47. The van der Waals surface area contributed by atoms with Crippen molar-refractivity contribution in [1.82, 2.24) is 9.97 Å². The molecule has 0 saturated carbocycles. The van der Waals surface area contributed by atoms with Crippen LogP contribution in [0.5, 0.6) is 0 Å². The molecule has 13 heavy (non-hydrogen) atoms. The van der Waals surface area contributed by atoms with Crippen molar-refractivity contribution in [2.75, 3.05) is 0 Å². The smallest absolute Gasteiger partial charge is 0.143 e. The van der Waals surface area contributed by atoms with Crippen LogP contribution >= 0.6 is 11.3 Å². The summed E-state index contributed by atoms with van der Waals surface area (Å²) in [5.74, 6) is 0. The van der Waals surface area contributed by atoms with Gasteiger partial charge in [0.05, 0.1) is 5.52 Å². The van der Waals surface area contributed by atoms with Crippen molar-refractivity contribution < 1.29 is 0 Å². The molecule has 2 heterocycles.